The molecule has 0 aromatic heterocycles. The van der Waals surface area contributed by atoms with Gasteiger partial charge in [0.05, 0.1) is 25.4 Å². The second kappa shape index (κ2) is 21.0. The van der Waals surface area contributed by atoms with Crippen LogP contribution in [0.15, 0.2) is 0 Å². The molecule has 0 aromatic carbocycles. The first-order valence-electron chi connectivity index (χ1n) is 15.2. The minimum Gasteiger partial charge on any atom is -0.414 e. The number of aliphatic hydroxyl groups excluding tert-OH is 2. The highest BCUT2D eigenvalue weighted by Crippen LogP contribution is 2.31. The lowest BCUT2D eigenvalue weighted by Crippen LogP contribution is -2.41. The molecule has 210 valence electrons. The van der Waals surface area contributed by atoms with E-state index in [9.17, 15) is 10.2 Å². The van der Waals surface area contributed by atoms with Crippen LogP contribution in [0.5, 0.6) is 0 Å². The molecule has 1 aliphatic rings. The van der Waals surface area contributed by atoms with E-state index in [0.29, 0.717) is 32.2 Å². The molecular formula is C29H60O5Si. The second-order valence-electron chi connectivity index (χ2n) is 11.1. The number of rotatable bonds is 23. The summed E-state index contributed by atoms with van der Waals surface area (Å²) in [5.41, 5.74) is 0. The van der Waals surface area contributed by atoms with Crippen LogP contribution >= 0.6 is 0 Å². The molecule has 6 heteroatoms. The molecule has 5 nitrogen and oxygen atoms in total. The zero-order valence-electron chi connectivity index (χ0n) is 23.8. The summed E-state index contributed by atoms with van der Waals surface area (Å²) >= 11 is 0. The third kappa shape index (κ3) is 16.5. The Hall–Kier alpha value is 0.0169. The van der Waals surface area contributed by atoms with Gasteiger partial charge < -0.3 is 24.1 Å². The van der Waals surface area contributed by atoms with Gasteiger partial charge in [-0.2, -0.15) is 0 Å². The molecule has 1 unspecified atom stereocenters. The van der Waals surface area contributed by atoms with E-state index in [0.717, 1.165) is 25.7 Å². The highest BCUT2D eigenvalue weighted by molar-refractivity contribution is 6.73. The summed E-state index contributed by atoms with van der Waals surface area (Å²) < 4.78 is 17.9. The van der Waals surface area contributed by atoms with Gasteiger partial charge >= 0.3 is 0 Å². The number of aliphatic hydroxyl groups is 2. The van der Waals surface area contributed by atoms with Gasteiger partial charge in [-0.3, -0.25) is 0 Å². The maximum absolute atomic E-state index is 10.3. The van der Waals surface area contributed by atoms with E-state index in [2.05, 4.69) is 27.7 Å². The van der Waals surface area contributed by atoms with Crippen molar-refractivity contribution in [1.82, 2.24) is 0 Å². The Morgan fingerprint density at radius 2 is 1.26 bits per heavy atom. The summed E-state index contributed by atoms with van der Waals surface area (Å²) in [6.45, 7) is 10.6. The van der Waals surface area contributed by atoms with Crippen molar-refractivity contribution < 1.29 is 24.1 Å². The molecule has 0 aromatic rings. The first-order chi connectivity index (χ1) is 16.9. The van der Waals surface area contributed by atoms with Gasteiger partial charge in [0.1, 0.15) is 0 Å². The van der Waals surface area contributed by atoms with Gasteiger partial charge in [0, 0.05) is 12.5 Å². The molecule has 0 aliphatic carbocycles. The SMILES string of the molecule is CCCC[Si](CCCC)(CCCC)O[C@H](C)CCCCCCC[C@H](O)CC(O)CC1OCCCO1. The van der Waals surface area contributed by atoms with E-state index in [4.69, 9.17) is 13.9 Å². The van der Waals surface area contributed by atoms with Crippen molar-refractivity contribution in [1.29, 1.82) is 0 Å². The van der Waals surface area contributed by atoms with Crippen molar-refractivity contribution >= 4 is 8.32 Å². The van der Waals surface area contributed by atoms with Gasteiger partial charge in [0.2, 0.25) is 0 Å². The predicted octanol–water partition coefficient (Wildman–Crippen LogP) is 7.73. The Morgan fingerprint density at radius 3 is 1.80 bits per heavy atom. The molecule has 2 N–H and O–H groups in total. The standard InChI is InChI=1S/C29H60O5Si/c1-5-8-21-35(22-9-6-2,23-10-7-3)34-26(4)17-14-12-11-13-15-18-27(30)24-28(31)25-29-32-19-16-20-33-29/h26-31H,5-25H2,1-4H3/t26-,27+,28?/m1/s1. The Labute approximate surface area is 218 Å². The molecule has 0 radical (unpaired) electrons. The molecule has 3 atom stereocenters. The van der Waals surface area contributed by atoms with Crippen molar-refractivity contribution in [3.63, 3.8) is 0 Å². The third-order valence-electron chi connectivity index (χ3n) is 7.46. The fourth-order valence-electron chi connectivity index (χ4n) is 5.30. The Morgan fingerprint density at radius 1 is 0.743 bits per heavy atom. The molecule has 1 fully saturated rings. The van der Waals surface area contributed by atoms with Crippen LogP contribution in [0, 0.1) is 0 Å². The Kier molecular flexibility index (Phi) is 19.8. The van der Waals surface area contributed by atoms with Gasteiger partial charge in [0.25, 0.3) is 0 Å². The first kappa shape index (κ1) is 33.0. The highest BCUT2D eigenvalue weighted by atomic mass is 28.4. The molecule has 35 heavy (non-hydrogen) atoms. The molecule has 1 aliphatic heterocycles. The number of unbranched alkanes of at least 4 members (excludes halogenated alkanes) is 7. The zero-order chi connectivity index (χ0) is 25.8. The average molecular weight is 517 g/mol. The smallest absolute Gasteiger partial charge is 0.193 e. The lowest BCUT2D eigenvalue weighted by Gasteiger charge is -2.35. The van der Waals surface area contributed by atoms with E-state index in [1.165, 1.54) is 82.3 Å². The lowest BCUT2D eigenvalue weighted by atomic mass is 10.0. The summed E-state index contributed by atoms with van der Waals surface area (Å²) in [5, 5.41) is 20.5. The number of hydrogen-bond acceptors (Lipinski definition) is 5. The van der Waals surface area contributed by atoms with Crippen molar-refractivity contribution in [3.05, 3.63) is 0 Å². The normalized spacial score (nSPS) is 18.0. The van der Waals surface area contributed by atoms with Crippen molar-refractivity contribution in [2.45, 2.75) is 173 Å². The largest absolute Gasteiger partial charge is 0.414 e. The Bertz CT molecular complexity index is 450. The number of hydrogen-bond donors (Lipinski definition) is 2. The van der Waals surface area contributed by atoms with Crippen molar-refractivity contribution in [2.75, 3.05) is 13.2 Å². The number of ether oxygens (including phenoxy) is 2. The summed E-state index contributed by atoms with van der Waals surface area (Å²) in [5.74, 6) is 0. The predicted molar refractivity (Wildman–Crippen MR) is 149 cm³/mol. The second-order valence-corrected chi connectivity index (χ2v) is 15.2. The van der Waals surface area contributed by atoms with Gasteiger partial charge in [0.15, 0.2) is 14.6 Å². The van der Waals surface area contributed by atoms with Crippen molar-refractivity contribution in [3.8, 4) is 0 Å². The molecule has 0 spiro atoms. The summed E-state index contributed by atoms with van der Waals surface area (Å²) in [6.07, 6.45) is 16.5. The van der Waals surface area contributed by atoms with Gasteiger partial charge in [-0.1, -0.05) is 91.4 Å². The van der Waals surface area contributed by atoms with Gasteiger partial charge in [-0.15, -0.1) is 0 Å². The maximum Gasteiger partial charge on any atom is 0.193 e. The molecule has 0 saturated carbocycles. The zero-order valence-corrected chi connectivity index (χ0v) is 24.8. The third-order valence-corrected chi connectivity index (χ3v) is 12.2. The van der Waals surface area contributed by atoms with E-state index < -0.39 is 20.5 Å². The van der Waals surface area contributed by atoms with Crippen LogP contribution < -0.4 is 0 Å². The van der Waals surface area contributed by atoms with E-state index >= 15 is 0 Å². The van der Waals surface area contributed by atoms with Crippen LogP contribution in [0.25, 0.3) is 0 Å². The molecule has 0 bridgehead atoms. The van der Waals surface area contributed by atoms with Gasteiger partial charge in [-0.05, 0) is 50.7 Å². The summed E-state index contributed by atoms with van der Waals surface area (Å²) in [4.78, 5) is 0. The molecule has 1 rings (SSSR count). The van der Waals surface area contributed by atoms with Crippen LogP contribution in [-0.4, -0.2) is 56.3 Å². The van der Waals surface area contributed by atoms with E-state index in [-0.39, 0.29) is 6.29 Å². The average Bonchev–Trinajstić information content (AvgIpc) is 2.84. The topological polar surface area (TPSA) is 68.2 Å². The van der Waals surface area contributed by atoms with Crippen molar-refractivity contribution in [2.24, 2.45) is 0 Å². The van der Waals surface area contributed by atoms with Crippen LogP contribution in [0.1, 0.15) is 130 Å². The fourth-order valence-corrected chi connectivity index (χ4v) is 10.4. The van der Waals surface area contributed by atoms with Crippen LogP contribution in [0.2, 0.25) is 18.1 Å². The highest BCUT2D eigenvalue weighted by Gasteiger charge is 2.34. The summed E-state index contributed by atoms with van der Waals surface area (Å²) in [7, 11) is -1.61. The van der Waals surface area contributed by atoms with Crippen LogP contribution in [0.3, 0.4) is 0 Å². The van der Waals surface area contributed by atoms with E-state index in [1.54, 1.807) is 0 Å². The molecule has 0 amide bonds. The molecule has 1 heterocycles. The minimum absolute atomic E-state index is 0.310. The lowest BCUT2D eigenvalue weighted by molar-refractivity contribution is -0.192. The van der Waals surface area contributed by atoms with Crippen LogP contribution in [-0.2, 0) is 13.9 Å². The maximum atomic E-state index is 10.3. The summed E-state index contributed by atoms with van der Waals surface area (Å²) in [6, 6.07) is 4.06. The quantitative estimate of drug-likeness (QED) is 0.107. The van der Waals surface area contributed by atoms with Crippen LogP contribution in [0.4, 0.5) is 0 Å². The van der Waals surface area contributed by atoms with Gasteiger partial charge in [-0.25, -0.2) is 0 Å². The Balaban J connectivity index is 2.19. The monoisotopic (exact) mass is 516 g/mol. The van der Waals surface area contributed by atoms with E-state index in [1.807, 2.05) is 0 Å². The minimum atomic E-state index is -1.61. The molecule has 1 saturated heterocycles. The first-order valence-corrected chi connectivity index (χ1v) is 17.7. The fraction of sp³-hybridized carbons (Fsp3) is 1.00. The molecular weight excluding hydrogens is 456 g/mol.